The van der Waals surface area contributed by atoms with Crippen molar-refractivity contribution in [2.45, 2.75) is 90.2 Å². The van der Waals surface area contributed by atoms with Gasteiger partial charge in [0.15, 0.2) is 0 Å². The van der Waals surface area contributed by atoms with E-state index in [2.05, 4.69) is 19.3 Å². The number of rotatable bonds is 11. The van der Waals surface area contributed by atoms with Crippen molar-refractivity contribution in [3.8, 4) is 0 Å². The van der Waals surface area contributed by atoms with Crippen LogP contribution in [-0.2, 0) is 4.74 Å². The predicted octanol–water partition coefficient (Wildman–Crippen LogP) is 3.77. The minimum Gasteiger partial charge on any atom is -0.378 e. The lowest BCUT2D eigenvalue weighted by atomic mass is 9.88. The number of nitrogens with one attached hydrogen (secondary N) is 1. The van der Waals surface area contributed by atoms with Crippen LogP contribution in [0.4, 0.5) is 0 Å². The second-order valence-electron chi connectivity index (χ2n) is 5.95. The van der Waals surface area contributed by atoms with E-state index in [1.165, 1.54) is 57.8 Å². The van der Waals surface area contributed by atoms with Gasteiger partial charge in [0.2, 0.25) is 0 Å². The molecule has 1 fully saturated rings. The van der Waals surface area contributed by atoms with Crippen LogP contribution in [0.15, 0.2) is 0 Å². The fourth-order valence-corrected chi connectivity index (χ4v) is 3.29. The molecule has 0 aromatic rings. The third kappa shape index (κ3) is 6.24. The van der Waals surface area contributed by atoms with Gasteiger partial charge < -0.3 is 4.74 Å². The number of hydrazine groups is 1. The largest absolute Gasteiger partial charge is 0.378 e. The molecule has 0 aliphatic carbocycles. The first-order valence-electron chi connectivity index (χ1n) is 8.41. The van der Waals surface area contributed by atoms with Gasteiger partial charge in [-0.05, 0) is 19.3 Å². The summed E-state index contributed by atoms with van der Waals surface area (Å²) in [5.74, 6) is 6.36. The van der Waals surface area contributed by atoms with Crippen molar-refractivity contribution in [3.63, 3.8) is 0 Å². The van der Waals surface area contributed by atoms with E-state index in [1.54, 1.807) is 0 Å². The van der Waals surface area contributed by atoms with Gasteiger partial charge in [-0.1, -0.05) is 58.8 Å². The maximum absolute atomic E-state index is 5.77. The van der Waals surface area contributed by atoms with Gasteiger partial charge in [-0.3, -0.25) is 11.3 Å². The Bertz CT molecular complexity index is 211. The molecule has 0 aromatic carbocycles. The lowest BCUT2D eigenvalue weighted by molar-refractivity contribution is 0.0761. The first kappa shape index (κ1) is 16.9. The zero-order valence-corrected chi connectivity index (χ0v) is 13.0. The zero-order chi connectivity index (χ0) is 13.9. The normalized spacial score (nSPS) is 24.8. The molecule has 114 valence electrons. The number of nitrogens with two attached hydrogens (primary N) is 1. The van der Waals surface area contributed by atoms with Gasteiger partial charge in [-0.25, -0.2) is 0 Å². The highest BCUT2D eigenvalue weighted by atomic mass is 16.5. The first-order chi connectivity index (χ1) is 9.33. The lowest BCUT2D eigenvalue weighted by Crippen LogP contribution is -2.43. The number of unbranched alkanes of at least 4 members (excludes halogenated alkanes) is 6. The van der Waals surface area contributed by atoms with Crippen LogP contribution < -0.4 is 11.3 Å². The molecule has 1 aliphatic heterocycles. The summed E-state index contributed by atoms with van der Waals surface area (Å²) in [5.41, 5.74) is 3.04. The third-order valence-corrected chi connectivity index (χ3v) is 4.51. The molecular weight excluding hydrogens is 236 g/mol. The molecule has 3 heteroatoms. The molecule has 3 N–H and O–H groups in total. The van der Waals surface area contributed by atoms with Gasteiger partial charge in [-0.2, -0.15) is 0 Å². The molecule has 3 nitrogen and oxygen atoms in total. The molecule has 1 rings (SSSR count). The number of ether oxygens (including phenoxy) is 1. The smallest absolute Gasteiger partial charge is 0.0616 e. The summed E-state index contributed by atoms with van der Waals surface area (Å²) in [6.45, 7) is 5.40. The van der Waals surface area contributed by atoms with Gasteiger partial charge in [0.25, 0.3) is 0 Å². The molecule has 0 aromatic heterocycles. The van der Waals surface area contributed by atoms with Crippen LogP contribution in [0, 0.1) is 5.92 Å². The van der Waals surface area contributed by atoms with Crippen LogP contribution in [0.2, 0.25) is 0 Å². The van der Waals surface area contributed by atoms with Gasteiger partial charge in [0.05, 0.1) is 6.10 Å². The van der Waals surface area contributed by atoms with Crippen molar-refractivity contribution in [1.82, 2.24) is 5.43 Å². The molecule has 0 saturated carbocycles. The van der Waals surface area contributed by atoms with E-state index >= 15 is 0 Å². The van der Waals surface area contributed by atoms with E-state index in [0.29, 0.717) is 18.1 Å². The van der Waals surface area contributed by atoms with Gasteiger partial charge in [-0.15, -0.1) is 0 Å². The maximum Gasteiger partial charge on any atom is 0.0616 e. The van der Waals surface area contributed by atoms with Crippen molar-refractivity contribution in [2.24, 2.45) is 11.8 Å². The Kier molecular flexibility index (Phi) is 9.48. The summed E-state index contributed by atoms with van der Waals surface area (Å²) in [4.78, 5) is 0. The summed E-state index contributed by atoms with van der Waals surface area (Å²) < 4.78 is 5.77. The number of hydrogen-bond acceptors (Lipinski definition) is 3. The molecule has 1 heterocycles. The Balaban J connectivity index is 2.11. The quantitative estimate of drug-likeness (QED) is 0.341. The highest BCUT2D eigenvalue weighted by Crippen LogP contribution is 2.28. The second-order valence-corrected chi connectivity index (χ2v) is 5.95. The molecule has 0 amide bonds. The lowest BCUT2D eigenvalue weighted by Gasteiger charge is -2.26. The molecule has 0 bridgehead atoms. The molecule has 1 aliphatic rings. The number of hydrogen-bond donors (Lipinski definition) is 2. The van der Waals surface area contributed by atoms with Gasteiger partial charge in [0, 0.05) is 18.6 Å². The topological polar surface area (TPSA) is 47.3 Å². The highest BCUT2D eigenvalue weighted by molar-refractivity contribution is 4.84. The van der Waals surface area contributed by atoms with Crippen molar-refractivity contribution in [1.29, 1.82) is 0 Å². The Morgan fingerprint density at radius 2 is 1.79 bits per heavy atom. The Morgan fingerprint density at radius 3 is 2.42 bits per heavy atom. The fraction of sp³-hybridized carbons (Fsp3) is 1.00. The minimum atomic E-state index is 0.422. The molecule has 0 spiro atoms. The van der Waals surface area contributed by atoms with E-state index in [-0.39, 0.29) is 0 Å². The van der Waals surface area contributed by atoms with Crippen molar-refractivity contribution < 1.29 is 4.74 Å². The Hall–Kier alpha value is -0.120. The standard InChI is InChI=1S/C16H34N2O/c1-3-5-6-7-8-9-10-11-15(18-17)14-12-13-19-16(14)4-2/h14-16,18H,3-13,17H2,1-2H3. The van der Waals surface area contributed by atoms with Crippen molar-refractivity contribution in [3.05, 3.63) is 0 Å². The van der Waals surface area contributed by atoms with E-state index in [9.17, 15) is 0 Å². The molecule has 3 atom stereocenters. The Labute approximate surface area is 119 Å². The third-order valence-electron chi connectivity index (χ3n) is 4.51. The van der Waals surface area contributed by atoms with Crippen LogP contribution in [0.25, 0.3) is 0 Å². The van der Waals surface area contributed by atoms with Crippen LogP contribution >= 0.6 is 0 Å². The van der Waals surface area contributed by atoms with Crippen LogP contribution in [0.3, 0.4) is 0 Å². The molecule has 1 saturated heterocycles. The van der Waals surface area contributed by atoms with Gasteiger partial charge >= 0.3 is 0 Å². The van der Waals surface area contributed by atoms with Crippen molar-refractivity contribution in [2.75, 3.05) is 6.61 Å². The summed E-state index contributed by atoms with van der Waals surface area (Å²) in [5, 5.41) is 0. The monoisotopic (exact) mass is 270 g/mol. The second kappa shape index (κ2) is 10.6. The zero-order valence-electron chi connectivity index (χ0n) is 13.0. The van der Waals surface area contributed by atoms with Gasteiger partial charge in [0.1, 0.15) is 0 Å². The SMILES string of the molecule is CCCCCCCCCC(NN)C1CCOC1CC. The first-order valence-corrected chi connectivity index (χ1v) is 8.41. The van der Waals surface area contributed by atoms with Crippen LogP contribution in [0.5, 0.6) is 0 Å². The summed E-state index contributed by atoms with van der Waals surface area (Å²) in [6.07, 6.45) is 13.5. The summed E-state index contributed by atoms with van der Waals surface area (Å²) in [6, 6.07) is 0.447. The summed E-state index contributed by atoms with van der Waals surface area (Å²) in [7, 11) is 0. The molecular formula is C16H34N2O. The average Bonchev–Trinajstić information content (AvgIpc) is 2.90. The average molecular weight is 270 g/mol. The summed E-state index contributed by atoms with van der Waals surface area (Å²) >= 11 is 0. The fourth-order valence-electron chi connectivity index (χ4n) is 3.29. The van der Waals surface area contributed by atoms with E-state index in [4.69, 9.17) is 10.6 Å². The Morgan fingerprint density at radius 1 is 1.11 bits per heavy atom. The molecule has 3 unspecified atom stereocenters. The van der Waals surface area contributed by atoms with E-state index in [1.807, 2.05) is 0 Å². The maximum atomic E-state index is 5.77. The van der Waals surface area contributed by atoms with E-state index in [0.717, 1.165) is 13.0 Å². The predicted molar refractivity (Wildman–Crippen MR) is 81.9 cm³/mol. The van der Waals surface area contributed by atoms with Crippen LogP contribution in [0.1, 0.15) is 78.1 Å². The van der Waals surface area contributed by atoms with Crippen LogP contribution in [-0.4, -0.2) is 18.8 Å². The minimum absolute atomic E-state index is 0.422. The van der Waals surface area contributed by atoms with Crippen molar-refractivity contribution >= 4 is 0 Å². The molecule has 0 radical (unpaired) electrons. The van der Waals surface area contributed by atoms with E-state index < -0.39 is 0 Å². The highest BCUT2D eigenvalue weighted by Gasteiger charge is 2.32. The molecule has 19 heavy (non-hydrogen) atoms.